The van der Waals surface area contributed by atoms with Crippen molar-refractivity contribution in [2.45, 2.75) is 20.0 Å². The number of hydrogen-bond donors (Lipinski definition) is 2. The van der Waals surface area contributed by atoms with Gasteiger partial charge in [0.1, 0.15) is 5.82 Å². The lowest BCUT2D eigenvalue weighted by Gasteiger charge is -2.21. The van der Waals surface area contributed by atoms with Crippen LogP contribution in [0.15, 0.2) is 18.3 Å². The van der Waals surface area contributed by atoms with Crippen LogP contribution in [-0.2, 0) is 4.79 Å². The lowest BCUT2D eigenvalue weighted by atomic mass is 10.1. The minimum absolute atomic E-state index is 0.0582. The van der Waals surface area contributed by atoms with E-state index >= 15 is 0 Å². The van der Waals surface area contributed by atoms with Crippen molar-refractivity contribution in [1.29, 1.82) is 0 Å². The van der Waals surface area contributed by atoms with Crippen LogP contribution >= 0.6 is 0 Å². The maximum atomic E-state index is 11.5. The number of amides is 1. The molecule has 5 nitrogen and oxygen atoms in total. The summed E-state index contributed by atoms with van der Waals surface area (Å²) in [4.78, 5) is 17.4. The molecule has 1 amide bonds. The average molecular weight is 237 g/mol. The van der Waals surface area contributed by atoms with Crippen LogP contribution in [0.2, 0.25) is 0 Å². The second-order valence-electron chi connectivity index (χ2n) is 3.90. The molecule has 1 aromatic rings. The molecule has 1 heterocycles. The number of nitrogens with zero attached hydrogens (tertiary/aromatic N) is 2. The normalized spacial score (nSPS) is 12.0. The van der Waals surface area contributed by atoms with Crippen molar-refractivity contribution in [1.82, 2.24) is 10.3 Å². The highest BCUT2D eigenvalue weighted by atomic mass is 16.3. The highest BCUT2D eigenvalue weighted by Gasteiger charge is 2.14. The summed E-state index contributed by atoms with van der Waals surface area (Å²) in [6.45, 7) is 4.39. The first-order valence-corrected chi connectivity index (χ1v) is 5.67. The number of pyridine rings is 1. The smallest absolute Gasteiger partial charge is 0.239 e. The molecule has 0 spiro atoms. The fourth-order valence-corrected chi connectivity index (χ4v) is 1.60. The molecule has 0 fully saturated rings. The molecular weight excluding hydrogens is 218 g/mol. The van der Waals surface area contributed by atoms with Gasteiger partial charge in [0.05, 0.1) is 12.6 Å². The maximum absolute atomic E-state index is 11.5. The van der Waals surface area contributed by atoms with Gasteiger partial charge in [0.25, 0.3) is 0 Å². The van der Waals surface area contributed by atoms with Gasteiger partial charge in [-0.25, -0.2) is 4.98 Å². The minimum atomic E-state index is -0.601. The van der Waals surface area contributed by atoms with E-state index in [0.29, 0.717) is 12.4 Å². The molecular formula is C12H19N3O2. The molecule has 0 aliphatic rings. The number of aliphatic hydroxyl groups is 1. The number of rotatable bonds is 5. The van der Waals surface area contributed by atoms with Crippen molar-refractivity contribution in [2.24, 2.45) is 0 Å². The first kappa shape index (κ1) is 13.4. The molecule has 94 valence electrons. The number of likely N-dealkylation sites (N-methyl/N-ethyl adjacent to an activating group) is 2. The largest absolute Gasteiger partial charge is 0.389 e. The fraction of sp³-hybridized carbons (Fsp3) is 0.500. The predicted molar refractivity (Wildman–Crippen MR) is 66.8 cm³/mol. The molecule has 0 saturated heterocycles. The summed E-state index contributed by atoms with van der Waals surface area (Å²) in [6, 6.07) is 3.58. The monoisotopic (exact) mass is 237 g/mol. The molecule has 0 radical (unpaired) electrons. The van der Waals surface area contributed by atoms with Gasteiger partial charge in [-0.05, 0) is 19.9 Å². The lowest BCUT2D eigenvalue weighted by molar-refractivity contribution is -0.119. The van der Waals surface area contributed by atoms with Gasteiger partial charge in [-0.1, -0.05) is 6.07 Å². The van der Waals surface area contributed by atoms with Gasteiger partial charge in [-0.15, -0.1) is 0 Å². The van der Waals surface area contributed by atoms with E-state index in [9.17, 15) is 9.90 Å². The number of carbonyl (C=O) groups is 1. The van der Waals surface area contributed by atoms with Crippen LogP contribution in [0, 0.1) is 0 Å². The standard InChI is InChI=1S/C12H19N3O2/c1-4-13-11(17)8-15(3)12-10(9(2)16)6-5-7-14-12/h5-7,9,16H,4,8H2,1-3H3,(H,13,17). The Hall–Kier alpha value is -1.62. The number of aliphatic hydroxyl groups excluding tert-OH is 1. The molecule has 0 aliphatic heterocycles. The van der Waals surface area contributed by atoms with Crippen molar-refractivity contribution in [3.63, 3.8) is 0 Å². The van der Waals surface area contributed by atoms with Gasteiger partial charge >= 0.3 is 0 Å². The van der Waals surface area contributed by atoms with E-state index in [1.807, 2.05) is 6.92 Å². The molecule has 5 heteroatoms. The van der Waals surface area contributed by atoms with Gasteiger partial charge in [0.2, 0.25) is 5.91 Å². The number of nitrogens with one attached hydrogen (secondary N) is 1. The lowest BCUT2D eigenvalue weighted by Crippen LogP contribution is -2.35. The van der Waals surface area contributed by atoms with E-state index in [1.54, 1.807) is 37.2 Å². The van der Waals surface area contributed by atoms with Crippen molar-refractivity contribution in [3.8, 4) is 0 Å². The van der Waals surface area contributed by atoms with Gasteiger partial charge < -0.3 is 15.3 Å². The van der Waals surface area contributed by atoms with E-state index in [2.05, 4.69) is 10.3 Å². The van der Waals surface area contributed by atoms with Crippen molar-refractivity contribution < 1.29 is 9.90 Å². The van der Waals surface area contributed by atoms with Crippen LogP contribution in [0.4, 0.5) is 5.82 Å². The first-order valence-electron chi connectivity index (χ1n) is 5.67. The van der Waals surface area contributed by atoms with E-state index < -0.39 is 6.10 Å². The van der Waals surface area contributed by atoms with E-state index in [1.165, 1.54) is 0 Å². The Kier molecular flexibility index (Phi) is 4.90. The fourth-order valence-electron chi connectivity index (χ4n) is 1.60. The topological polar surface area (TPSA) is 65.5 Å². The Labute approximate surface area is 101 Å². The van der Waals surface area contributed by atoms with Gasteiger partial charge in [0, 0.05) is 25.4 Å². The zero-order valence-electron chi connectivity index (χ0n) is 10.5. The number of hydrogen-bond acceptors (Lipinski definition) is 4. The number of aromatic nitrogens is 1. The summed E-state index contributed by atoms with van der Waals surface area (Å²) in [7, 11) is 1.78. The summed E-state index contributed by atoms with van der Waals surface area (Å²) in [6.07, 6.45) is 1.05. The second-order valence-corrected chi connectivity index (χ2v) is 3.90. The van der Waals surface area contributed by atoms with Gasteiger partial charge in [0.15, 0.2) is 0 Å². The Balaban J connectivity index is 2.81. The molecule has 0 saturated carbocycles. The van der Waals surface area contributed by atoms with Crippen LogP contribution in [0.3, 0.4) is 0 Å². The third-order valence-electron chi connectivity index (χ3n) is 2.38. The van der Waals surface area contributed by atoms with Crippen LogP contribution in [0.25, 0.3) is 0 Å². The predicted octanol–water partition coefficient (Wildman–Crippen LogP) is 0.707. The third kappa shape index (κ3) is 3.71. The quantitative estimate of drug-likeness (QED) is 0.791. The Morgan fingerprint density at radius 1 is 1.65 bits per heavy atom. The molecule has 1 rings (SSSR count). The summed E-state index contributed by atoms with van der Waals surface area (Å²) in [5.41, 5.74) is 0.722. The maximum Gasteiger partial charge on any atom is 0.239 e. The Morgan fingerprint density at radius 3 is 2.94 bits per heavy atom. The second kappa shape index (κ2) is 6.20. The zero-order chi connectivity index (χ0) is 12.8. The molecule has 2 N–H and O–H groups in total. The van der Waals surface area contributed by atoms with Crippen molar-refractivity contribution in [2.75, 3.05) is 25.0 Å². The van der Waals surface area contributed by atoms with Crippen LogP contribution in [-0.4, -0.2) is 36.1 Å². The molecule has 17 heavy (non-hydrogen) atoms. The summed E-state index contributed by atoms with van der Waals surface area (Å²) < 4.78 is 0. The number of carbonyl (C=O) groups excluding carboxylic acids is 1. The summed E-state index contributed by atoms with van der Waals surface area (Å²) >= 11 is 0. The zero-order valence-corrected chi connectivity index (χ0v) is 10.5. The number of anilines is 1. The van der Waals surface area contributed by atoms with Crippen molar-refractivity contribution in [3.05, 3.63) is 23.9 Å². The van der Waals surface area contributed by atoms with Crippen LogP contribution < -0.4 is 10.2 Å². The van der Waals surface area contributed by atoms with E-state index in [0.717, 1.165) is 5.56 Å². The average Bonchev–Trinajstić information content (AvgIpc) is 2.29. The molecule has 0 aromatic carbocycles. The summed E-state index contributed by atoms with van der Waals surface area (Å²) in [5.74, 6) is 0.575. The van der Waals surface area contributed by atoms with Crippen LogP contribution in [0.5, 0.6) is 0 Å². The SMILES string of the molecule is CCNC(=O)CN(C)c1ncccc1C(C)O. The third-order valence-corrected chi connectivity index (χ3v) is 2.38. The molecule has 1 aromatic heterocycles. The van der Waals surface area contributed by atoms with Crippen LogP contribution in [0.1, 0.15) is 25.5 Å². The molecule has 0 bridgehead atoms. The molecule has 0 aliphatic carbocycles. The van der Waals surface area contributed by atoms with E-state index in [4.69, 9.17) is 0 Å². The molecule has 1 unspecified atom stereocenters. The van der Waals surface area contributed by atoms with Gasteiger partial charge in [-0.3, -0.25) is 4.79 Å². The highest BCUT2D eigenvalue weighted by molar-refractivity contribution is 5.81. The Morgan fingerprint density at radius 2 is 2.35 bits per heavy atom. The molecule has 1 atom stereocenters. The Bertz CT molecular complexity index is 380. The summed E-state index contributed by atoms with van der Waals surface area (Å²) in [5, 5.41) is 12.3. The first-order chi connectivity index (χ1) is 8.06. The highest BCUT2D eigenvalue weighted by Crippen LogP contribution is 2.22. The van der Waals surface area contributed by atoms with E-state index in [-0.39, 0.29) is 12.5 Å². The minimum Gasteiger partial charge on any atom is -0.389 e. The van der Waals surface area contributed by atoms with Gasteiger partial charge in [-0.2, -0.15) is 0 Å². The van der Waals surface area contributed by atoms with Crippen molar-refractivity contribution >= 4 is 11.7 Å².